The van der Waals surface area contributed by atoms with Gasteiger partial charge < -0.3 is 14.8 Å². The van der Waals surface area contributed by atoms with Crippen LogP contribution in [0.3, 0.4) is 0 Å². The number of ether oxygens (including phenoxy) is 2. The van der Waals surface area contributed by atoms with E-state index in [1.54, 1.807) is 43.5 Å². The highest BCUT2D eigenvalue weighted by Gasteiger charge is 2.13. The number of methoxy groups -OCH3 is 1. The molecule has 10 nitrogen and oxygen atoms in total. The third-order valence-electron chi connectivity index (χ3n) is 5.17. The molecule has 4 rings (SSSR count). The smallest absolute Gasteiger partial charge is 0.412 e. The molecule has 0 aliphatic heterocycles. The summed E-state index contributed by atoms with van der Waals surface area (Å²) < 4.78 is 35.6. The van der Waals surface area contributed by atoms with Crippen LogP contribution < -0.4 is 14.8 Å². The molecule has 0 aliphatic carbocycles. The standard InChI is InChI=1S/C24H23N5O5S/c1-33-23-6-4-3-5-22(23)18-13-19(29-16-26-27-28-29)15-20(14-18)34-24(30)25-12-11-17-7-9-21(10-8-17)35(2,31)32/h3-10,13-16H,11-12H2,1-2H3,(H,25,30). The molecule has 180 valence electrons. The van der Waals surface area contributed by atoms with Crippen LogP contribution in [0.25, 0.3) is 16.8 Å². The van der Waals surface area contributed by atoms with E-state index in [0.717, 1.165) is 22.9 Å². The van der Waals surface area contributed by atoms with Crippen LogP contribution in [-0.4, -0.2) is 54.6 Å². The molecule has 0 spiro atoms. The van der Waals surface area contributed by atoms with Gasteiger partial charge in [0.25, 0.3) is 0 Å². The molecular weight excluding hydrogens is 470 g/mol. The summed E-state index contributed by atoms with van der Waals surface area (Å²) in [6.45, 7) is 0.309. The number of sulfone groups is 1. The number of nitrogens with one attached hydrogen (secondary N) is 1. The molecule has 0 aliphatic rings. The van der Waals surface area contributed by atoms with Gasteiger partial charge in [0, 0.05) is 24.4 Å². The molecule has 0 bridgehead atoms. The van der Waals surface area contributed by atoms with Crippen molar-refractivity contribution in [2.45, 2.75) is 11.3 Å². The van der Waals surface area contributed by atoms with Crippen molar-refractivity contribution >= 4 is 15.9 Å². The van der Waals surface area contributed by atoms with Gasteiger partial charge in [-0.1, -0.05) is 30.3 Å². The summed E-state index contributed by atoms with van der Waals surface area (Å²) >= 11 is 0. The van der Waals surface area contributed by atoms with Gasteiger partial charge in [-0.3, -0.25) is 0 Å². The minimum absolute atomic E-state index is 0.252. The zero-order valence-electron chi connectivity index (χ0n) is 19.1. The van der Waals surface area contributed by atoms with E-state index >= 15 is 0 Å². The number of amides is 1. The molecule has 3 aromatic carbocycles. The van der Waals surface area contributed by atoms with E-state index in [9.17, 15) is 13.2 Å². The number of nitrogens with zero attached hydrogens (tertiary/aromatic N) is 4. The monoisotopic (exact) mass is 493 g/mol. The summed E-state index contributed by atoms with van der Waals surface area (Å²) in [5, 5.41) is 14.0. The third-order valence-corrected chi connectivity index (χ3v) is 6.30. The summed E-state index contributed by atoms with van der Waals surface area (Å²) in [6, 6.07) is 19.3. The molecule has 4 aromatic rings. The number of para-hydroxylation sites is 1. The van der Waals surface area contributed by atoms with Crippen molar-refractivity contribution in [1.29, 1.82) is 0 Å². The van der Waals surface area contributed by atoms with E-state index in [0.29, 0.717) is 30.2 Å². The first-order valence-corrected chi connectivity index (χ1v) is 12.5. The molecular formula is C24H23N5O5S. The number of tetrazole rings is 1. The van der Waals surface area contributed by atoms with E-state index in [2.05, 4.69) is 20.8 Å². The summed E-state index contributed by atoms with van der Waals surface area (Å²) in [5.41, 5.74) is 3.06. The molecule has 11 heteroatoms. The van der Waals surface area contributed by atoms with Gasteiger partial charge in [-0.05, 0) is 58.3 Å². The molecule has 0 radical (unpaired) electrons. The largest absolute Gasteiger partial charge is 0.496 e. The van der Waals surface area contributed by atoms with Crippen molar-refractivity contribution in [3.05, 3.63) is 78.6 Å². The Hall–Kier alpha value is -4.25. The maximum atomic E-state index is 12.5. The molecule has 0 fully saturated rings. The number of rotatable bonds is 8. The average molecular weight is 494 g/mol. The lowest BCUT2D eigenvalue weighted by Gasteiger charge is -2.13. The van der Waals surface area contributed by atoms with Gasteiger partial charge in [-0.25, -0.2) is 17.9 Å². The fourth-order valence-corrected chi connectivity index (χ4v) is 4.08. The van der Waals surface area contributed by atoms with Crippen LogP contribution in [0, 0.1) is 0 Å². The summed E-state index contributed by atoms with van der Waals surface area (Å²) in [6.07, 6.45) is 2.49. The topological polar surface area (TPSA) is 125 Å². The Balaban J connectivity index is 1.48. The Morgan fingerprint density at radius 1 is 1.06 bits per heavy atom. The second-order valence-electron chi connectivity index (χ2n) is 7.65. The number of hydrogen-bond acceptors (Lipinski definition) is 8. The van der Waals surface area contributed by atoms with E-state index in [-0.39, 0.29) is 4.90 Å². The first-order valence-electron chi connectivity index (χ1n) is 10.6. The molecule has 0 unspecified atom stereocenters. The van der Waals surface area contributed by atoms with Crippen LogP contribution in [0.5, 0.6) is 11.5 Å². The summed E-state index contributed by atoms with van der Waals surface area (Å²) in [4.78, 5) is 12.7. The van der Waals surface area contributed by atoms with E-state index in [4.69, 9.17) is 9.47 Å². The normalized spacial score (nSPS) is 11.1. The Morgan fingerprint density at radius 3 is 2.51 bits per heavy atom. The van der Waals surface area contributed by atoms with Crippen molar-refractivity contribution in [1.82, 2.24) is 25.5 Å². The van der Waals surface area contributed by atoms with Gasteiger partial charge in [0.1, 0.15) is 17.8 Å². The van der Waals surface area contributed by atoms with Crippen LogP contribution >= 0.6 is 0 Å². The molecule has 1 amide bonds. The minimum atomic E-state index is -3.25. The Morgan fingerprint density at radius 2 is 1.83 bits per heavy atom. The van der Waals surface area contributed by atoms with E-state index < -0.39 is 15.9 Å². The van der Waals surface area contributed by atoms with Gasteiger partial charge >= 0.3 is 6.09 Å². The zero-order valence-corrected chi connectivity index (χ0v) is 19.9. The van der Waals surface area contributed by atoms with Gasteiger partial charge in [0.2, 0.25) is 0 Å². The number of benzene rings is 3. The maximum absolute atomic E-state index is 12.5. The number of hydrogen-bond donors (Lipinski definition) is 1. The van der Waals surface area contributed by atoms with Crippen LogP contribution in [0.4, 0.5) is 4.79 Å². The van der Waals surface area contributed by atoms with Crippen molar-refractivity contribution in [3.8, 4) is 28.3 Å². The lowest BCUT2D eigenvalue weighted by Crippen LogP contribution is -2.28. The predicted molar refractivity (Wildman–Crippen MR) is 128 cm³/mol. The van der Waals surface area contributed by atoms with Crippen molar-refractivity contribution in [2.24, 2.45) is 0 Å². The zero-order chi connectivity index (χ0) is 24.8. The van der Waals surface area contributed by atoms with E-state index in [1.807, 2.05) is 30.3 Å². The number of carbonyl (C=O) groups excluding carboxylic acids is 1. The first kappa shape index (κ1) is 23.9. The quantitative estimate of drug-likeness (QED) is 0.397. The molecule has 35 heavy (non-hydrogen) atoms. The lowest BCUT2D eigenvalue weighted by atomic mass is 10.0. The summed E-state index contributed by atoms with van der Waals surface area (Å²) in [7, 11) is -1.66. The highest BCUT2D eigenvalue weighted by molar-refractivity contribution is 7.90. The van der Waals surface area contributed by atoms with Gasteiger partial charge in [-0.2, -0.15) is 0 Å². The van der Waals surface area contributed by atoms with Gasteiger partial charge in [0.05, 0.1) is 17.7 Å². The average Bonchev–Trinajstić information content (AvgIpc) is 3.39. The van der Waals surface area contributed by atoms with Crippen molar-refractivity contribution in [2.75, 3.05) is 19.9 Å². The highest BCUT2D eigenvalue weighted by atomic mass is 32.2. The molecule has 1 aromatic heterocycles. The third kappa shape index (κ3) is 6.01. The Kier molecular flexibility index (Phi) is 7.06. The minimum Gasteiger partial charge on any atom is -0.496 e. The van der Waals surface area contributed by atoms with Gasteiger partial charge in [0.15, 0.2) is 9.84 Å². The molecule has 0 atom stereocenters. The SMILES string of the molecule is COc1ccccc1-c1cc(OC(=O)NCCc2ccc(S(C)(=O)=O)cc2)cc(-n2cnnn2)c1. The second-order valence-corrected chi connectivity index (χ2v) is 9.67. The van der Waals surface area contributed by atoms with Crippen LogP contribution in [0.2, 0.25) is 0 Å². The van der Waals surface area contributed by atoms with Crippen LogP contribution in [0.15, 0.2) is 78.0 Å². The molecule has 1 N–H and O–H groups in total. The molecule has 0 saturated carbocycles. The van der Waals surface area contributed by atoms with Gasteiger partial charge in [-0.15, -0.1) is 5.10 Å². The number of aromatic nitrogens is 4. The Labute approximate surface area is 202 Å². The second kappa shape index (κ2) is 10.3. The first-order chi connectivity index (χ1) is 16.8. The molecule has 0 saturated heterocycles. The van der Waals surface area contributed by atoms with E-state index in [1.165, 1.54) is 11.0 Å². The Bertz CT molecular complexity index is 1420. The lowest BCUT2D eigenvalue weighted by molar-refractivity contribution is 0.200. The summed E-state index contributed by atoms with van der Waals surface area (Å²) in [5.74, 6) is 0.965. The molecule has 1 heterocycles. The van der Waals surface area contributed by atoms with Crippen molar-refractivity contribution < 1.29 is 22.7 Å². The number of carbonyl (C=O) groups is 1. The fourth-order valence-electron chi connectivity index (χ4n) is 3.45. The highest BCUT2D eigenvalue weighted by Crippen LogP contribution is 2.33. The van der Waals surface area contributed by atoms with Crippen molar-refractivity contribution in [3.63, 3.8) is 0 Å². The predicted octanol–water partition coefficient (Wildman–Crippen LogP) is 3.07. The fraction of sp³-hybridized carbons (Fsp3) is 0.167. The van der Waals surface area contributed by atoms with Crippen LogP contribution in [0.1, 0.15) is 5.56 Å². The van der Waals surface area contributed by atoms with Crippen LogP contribution in [-0.2, 0) is 16.3 Å². The maximum Gasteiger partial charge on any atom is 0.412 e.